The van der Waals surface area contributed by atoms with Crippen molar-refractivity contribution in [3.05, 3.63) is 95.1 Å². The molecule has 8 heteroatoms. The summed E-state index contributed by atoms with van der Waals surface area (Å²) in [5, 5.41) is 10.6. The summed E-state index contributed by atoms with van der Waals surface area (Å²) in [6.07, 6.45) is 0.0152. The first-order valence-electron chi connectivity index (χ1n) is 11.7. The largest absolute Gasteiger partial charge is 0.343 e. The van der Waals surface area contributed by atoms with E-state index in [2.05, 4.69) is 15.5 Å². The summed E-state index contributed by atoms with van der Waals surface area (Å²) in [6, 6.07) is 15.8. The van der Waals surface area contributed by atoms with Gasteiger partial charge in [-0.1, -0.05) is 56.3 Å². The van der Waals surface area contributed by atoms with Gasteiger partial charge in [0, 0.05) is 12.6 Å². The molecule has 3 aromatic rings. The molecule has 0 saturated carbocycles. The van der Waals surface area contributed by atoms with Gasteiger partial charge in [0.2, 0.25) is 11.8 Å². The van der Waals surface area contributed by atoms with Gasteiger partial charge in [-0.25, -0.2) is 8.78 Å². The van der Waals surface area contributed by atoms with Crippen LogP contribution in [0.4, 0.5) is 8.78 Å². The molecule has 1 fully saturated rings. The van der Waals surface area contributed by atoms with Gasteiger partial charge in [-0.15, -0.1) is 0 Å². The molecule has 0 aliphatic carbocycles. The zero-order valence-electron chi connectivity index (χ0n) is 19.7. The number of nitrogens with zero attached hydrogens (tertiary/aromatic N) is 3. The minimum atomic E-state index is -1.31. The number of halogens is 2. The van der Waals surface area contributed by atoms with E-state index in [1.165, 1.54) is 17.2 Å². The molecule has 0 bridgehead atoms. The summed E-state index contributed by atoms with van der Waals surface area (Å²) in [7, 11) is 0. The van der Waals surface area contributed by atoms with Gasteiger partial charge >= 0.3 is 0 Å². The number of carbonyl (C=O) groups is 2. The lowest BCUT2D eigenvalue weighted by atomic mass is 9.94. The zero-order chi connectivity index (χ0) is 24.9. The van der Waals surface area contributed by atoms with Crippen LogP contribution in [0.15, 0.2) is 66.9 Å². The summed E-state index contributed by atoms with van der Waals surface area (Å²) < 4.78 is 29.2. The Bertz CT molecular complexity index is 1170. The lowest BCUT2D eigenvalue weighted by Gasteiger charge is -2.27. The highest BCUT2D eigenvalue weighted by molar-refractivity contribution is 5.89. The molecule has 182 valence electrons. The number of hydrogen-bond donors (Lipinski definition) is 1. The van der Waals surface area contributed by atoms with Crippen LogP contribution in [-0.2, 0) is 16.0 Å². The van der Waals surface area contributed by atoms with Crippen molar-refractivity contribution in [3.8, 4) is 0 Å². The minimum Gasteiger partial charge on any atom is -0.343 e. The van der Waals surface area contributed by atoms with Crippen LogP contribution in [0.3, 0.4) is 0 Å². The van der Waals surface area contributed by atoms with Gasteiger partial charge in [0.25, 0.3) is 0 Å². The van der Waals surface area contributed by atoms with Gasteiger partial charge in [-0.3, -0.25) is 9.59 Å². The van der Waals surface area contributed by atoms with Crippen molar-refractivity contribution in [2.75, 3.05) is 6.54 Å². The number of alkyl halides is 1. The van der Waals surface area contributed by atoms with Gasteiger partial charge in [-0.2, -0.15) is 10.2 Å². The Morgan fingerprint density at radius 3 is 2.51 bits per heavy atom. The average Bonchev–Trinajstić information content (AvgIpc) is 3.25. The second-order valence-corrected chi connectivity index (χ2v) is 9.07. The molecule has 0 spiro atoms. The lowest BCUT2D eigenvalue weighted by Crippen LogP contribution is -2.47. The maximum absolute atomic E-state index is 14.8. The van der Waals surface area contributed by atoms with Crippen molar-refractivity contribution in [1.82, 2.24) is 20.4 Å². The molecule has 1 aliphatic rings. The third-order valence-corrected chi connectivity index (χ3v) is 6.23. The Hall–Kier alpha value is -3.68. The van der Waals surface area contributed by atoms with E-state index in [1.54, 1.807) is 24.3 Å². The molecule has 3 atom stereocenters. The number of likely N-dealkylation sites (tertiary alicyclic amines) is 1. The van der Waals surface area contributed by atoms with E-state index >= 15 is 0 Å². The Morgan fingerprint density at radius 1 is 1.09 bits per heavy atom. The van der Waals surface area contributed by atoms with Crippen LogP contribution in [0.1, 0.15) is 54.6 Å². The summed E-state index contributed by atoms with van der Waals surface area (Å²) >= 11 is 0. The minimum absolute atomic E-state index is 0.0164. The molecule has 1 N–H and O–H groups in total. The first kappa shape index (κ1) is 24.4. The first-order chi connectivity index (χ1) is 16.8. The fourth-order valence-corrected chi connectivity index (χ4v) is 4.43. The topological polar surface area (TPSA) is 75.2 Å². The molecule has 35 heavy (non-hydrogen) atoms. The number of aromatic nitrogens is 2. The van der Waals surface area contributed by atoms with E-state index < -0.39 is 30.1 Å². The maximum Gasteiger partial charge on any atom is 0.243 e. The van der Waals surface area contributed by atoms with E-state index in [-0.39, 0.29) is 31.1 Å². The van der Waals surface area contributed by atoms with Crippen LogP contribution in [0.25, 0.3) is 0 Å². The highest BCUT2D eigenvalue weighted by atomic mass is 19.1. The molecule has 2 amide bonds. The molecule has 1 saturated heterocycles. The van der Waals surface area contributed by atoms with Gasteiger partial charge in [0.1, 0.15) is 18.0 Å². The standard InChI is InChI=1S/C27H28F2N4O2/c1-17(2)22-11-10-19(13-23(22)29)26(18-7-4-3-5-8-18)31-27(35)24-14-20(28)16-33(24)25(34)15-21-9-6-12-30-32-21/h3-13,17,20,24,26H,14-16H2,1-2H3,(H,31,35)/t20-,24+,26+/m1/s1. The Balaban J connectivity index is 1.58. The maximum atomic E-state index is 14.8. The van der Waals surface area contributed by atoms with Crippen molar-refractivity contribution < 1.29 is 18.4 Å². The van der Waals surface area contributed by atoms with Crippen molar-refractivity contribution in [1.29, 1.82) is 0 Å². The van der Waals surface area contributed by atoms with Gasteiger partial charge in [0.15, 0.2) is 0 Å². The number of carbonyl (C=O) groups excluding carboxylic acids is 2. The van der Waals surface area contributed by atoms with Crippen molar-refractivity contribution in [2.24, 2.45) is 0 Å². The highest BCUT2D eigenvalue weighted by Crippen LogP contribution is 2.28. The average molecular weight is 479 g/mol. The fraction of sp³-hybridized carbons (Fsp3) is 0.333. The van der Waals surface area contributed by atoms with Crippen LogP contribution in [0, 0.1) is 5.82 Å². The molecule has 0 radical (unpaired) electrons. The second-order valence-electron chi connectivity index (χ2n) is 9.07. The van der Waals surface area contributed by atoms with Crippen LogP contribution in [0.2, 0.25) is 0 Å². The zero-order valence-corrected chi connectivity index (χ0v) is 19.7. The smallest absolute Gasteiger partial charge is 0.243 e. The summed E-state index contributed by atoms with van der Waals surface area (Å²) in [6.45, 7) is 3.66. The molecule has 2 heterocycles. The van der Waals surface area contributed by atoms with Crippen LogP contribution < -0.4 is 5.32 Å². The Kier molecular flexibility index (Phi) is 7.48. The summed E-state index contributed by atoms with van der Waals surface area (Å²) in [5.41, 5.74) is 2.36. The molecule has 2 aromatic carbocycles. The molecule has 4 rings (SSSR count). The van der Waals surface area contributed by atoms with Crippen LogP contribution in [0.5, 0.6) is 0 Å². The Morgan fingerprint density at radius 2 is 1.86 bits per heavy atom. The monoisotopic (exact) mass is 478 g/mol. The van der Waals surface area contributed by atoms with Crippen molar-refractivity contribution in [3.63, 3.8) is 0 Å². The van der Waals surface area contributed by atoms with Crippen molar-refractivity contribution in [2.45, 2.75) is 50.9 Å². The van der Waals surface area contributed by atoms with E-state index in [4.69, 9.17) is 0 Å². The number of nitrogens with one attached hydrogen (secondary N) is 1. The first-order valence-corrected chi connectivity index (χ1v) is 11.7. The number of hydrogen-bond acceptors (Lipinski definition) is 4. The highest BCUT2D eigenvalue weighted by Gasteiger charge is 2.40. The lowest BCUT2D eigenvalue weighted by molar-refractivity contribution is -0.138. The molecule has 1 aliphatic heterocycles. The number of rotatable bonds is 7. The fourth-order valence-electron chi connectivity index (χ4n) is 4.43. The molecular formula is C27H28F2N4O2. The molecule has 1 aromatic heterocycles. The van der Waals surface area contributed by atoms with E-state index in [0.29, 0.717) is 16.8 Å². The predicted molar refractivity (Wildman–Crippen MR) is 128 cm³/mol. The molecule has 6 nitrogen and oxygen atoms in total. The molecular weight excluding hydrogens is 450 g/mol. The summed E-state index contributed by atoms with van der Waals surface area (Å²) in [5.74, 6) is -1.21. The normalized spacial score (nSPS) is 18.5. The van der Waals surface area contributed by atoms with Crippen molar-refractivity contribution >= 4 is 11.8 Å². The van der Waals surface area contributed by atoms with Crippen LogP contribution in [-0.4, -0.2) is 45.7 Å². The van der Waals surface area contributed by atoms with E-state index in [1.807, 2.05) is 44.2 Å². The van der Waals surface area contributed by atoms with Gasteiger partial charge in [0.05, 0.1) is 24.7 Å². The van der Waals surface area contributed by atoms with Crippen LogP contribution >= 0.6 is 0 Å². The summed E-state index contributed by atoms with van der Waals surface area (Å²) in [4.78, 5) is 27.6. The van der Waals surface area contributed by atoms with E-state index in [9.17, 15) is 18.4 Å². The third kappa shape index (κ3) is 5.70. The quantitative estimate of drug-likeness (QED) is 0.554. The second kappa shape index (κ2) is 10.7. The third-order valence-electron chi connectivity index (χ3n) is 6.23. The Labute approximate surface area is 203 Å². The van der Waals surface area contributed by atoms with E-state index in [0.717, 1.165) is 5.56 Å². The SMILES string of the molecule is CC(C)c1ccc([C@@H](NC(=O)[C@@H]2C[C@@H](F)CN2C(=O)Cc2cccnn2)c2ccccc2)cc1F. The van der Waals surface area contributed by atoms with Gasteiger partial charge < -0.3 is 10.2 Å². The predicted octanol–water partition coefficient (Wildman–Crippen LogP) is 4.13. The molecule has 0 unspecified atom stereocenters. The van der Waals surface area contributed by atoms with Gasteiger partial charge in [-0.05, 0) is 40.8 Å². The number of amides is 2. The number of benzene rings is 2.